The second-order valence-electron chi connectivity index (χ2n) is 2.51. The summed E-state index contributed by atoms with van der Waals surface area (Å²) in [7, 11) is 0. The molecule has 0 radical (unpaired) electrons. The maximum atomic E-state index is 5.80. The first-order valence-corrected chi connectivity index (χ1v) is 3.96. The van der Waals surface area contributed by atoms with E-state index in [9.17, 15) is 0 Å². The number of hydrogen-bond acceptors (Lipinski definition) is 4. The molecule has 66 valence electrons. The Bertz CT molecular complexity index is 393. The summed E-state index contributed by atoms with van der Waals surface area (Å²) in [5.74, 6) is 0.378. The zero-order chi connectivity index (χ0) is 9.26. The largest absolute Gasteiger partial charge is 0.384 e. The van der Waals surface area contributed by atoms with Gasteiger partial charge in [-0.25, -0.2) is 4.98 Å². The van der Waals surface area contributed by atoms with Gasteiger partial charge in [-0.05, 0) is 12.1 Å². The molecule has 4 nitrogen and oxygen atoms in total. The summed E-state index contributed by atoms with van der Waals surface area (Å²) in [6.07, 6.45) is 3.04. The number of aromatic nitrogens is 2. The minimum atomic E-state index is 0.378. The lowest BCUT2D eigenvalue weighted by atomic mass is 10.2. The first-order valence-electron chi connectivity index (χ1n) is 3.58. The van der Waals surface area contributed by atoms with Crippen LogP contribution in [0.4, 0.5) is 5.82 Å². The molecule has 0 aliphatic rings. The first-order chi connectivity index (χ1) is 6.25. The fraction of sp³-hybridized carbons (Fsp3) is 0. The lowest BCUT2D eigenvalue weighted by Gasteiger charge is -1.98. The molecule has 0 fully saturated rings. The smallest absolute Gasteiger partial charge is 0.133 e. The molecule has 2 N–H and O–H groups in total. The third-order valence-electron chi connectivity index (χ3n) is 1.54. The normalized spacial score (nSPS) is 10.2. The lowest BCUT2D eigenvalue weighted by Crippen LogP contribution is -1.91. The molecule has 2 aromatic rings. The predicted octanol–water partition coefficient (Wildman–Crippen LogP) is 1.97. The molecule has 0 spiro atoms. The Morgan fingerprint density at radius 1 is 1.38 bits per heavy atom. The molecule has 0 bridgehead atoms. The second kappa shape index (κ2) is 3.06. The van der Waals surface area contributed by atoms with Gasteiger partial charge in [0.1, 0.15) is 12.1 Å². The number of rotatable bonds is 1. The number of nitrogen functional groups attached to an aromatic ring is 1. The Balaban J connectivity index is 2.53. The number of nitrogens with two attached hydrogens (primary N) is 1. The first kappa shape index (κ1) is 8.07. The van der Waals surface area contributed by atoms with Crippen molar-refractivity contribution >= 4 is 17.4 Å². The van der Waals surface area contributed by atoms with E-state index in [1.165, 1.54) is 6.26 Å². The van der Waals surface area contributed by atoms with Gasteiger partial charge in [0.05, 0.1) is 17.5 Å². The van der Waals surface area contributed by atoms with Gasteiger partial charge < -0.3 is 10.3 Å². The molecule has 5 heteroatoms. The molecule has 0 atom stereocenters. The van der Waals surface area contributed by atoms with Crippen LogP contribution in [0.3, 0.4) is 0 Å². The average Bonchev–Trinajstić information content (AvgIpc) is 2.53. The Morgan fingerprint density at radius 2 is 2.23 bits per heavy atom. The highest BCUT2D eigenvalue weighted by Crippen LogP contribution is 2.21. The molecular weight excluding hydrogens is 190 g/mol. The van der Waals surface area contributed by atoms with Gasteiger partial charge in [0.2, 0.25) is 0 Å². The number of pyridine rings is 1. The number of anilines is 1. The molecule has 2 aromatic heterocycles. The van der Waals surface area contributed by atoms with Crippen molar-refractivity contribution in [3.05, 3.63) is 29.6 Å². The highest BCUT2D eigenvalue weighted by atomic mass is 35.5. The quantitative estimate of drug-likeness (QED) is 0.756. The molecule has 0 amide bonds. The van der Waals surface area contributed by atoms with Crippen molar-refractivity contribution in [1.82, 2.24) is 10.1 Å². The molecule has 13 heavy (non-hydrogen) atoms. The van der Waals surface area contributed by atoms with Crippen LogP contribution < -0.4 is 5.73 Å². The summed E-state index contributed by atoms with van der Waals surface area (Å²) >= 11 is 5.80. The van der Waals surface area contributed by atoms with Crippen molar-refractivity contribution in [3.63, 3.8) is 0 Å². The third-order valence-corrected chi connectivity index (χ3v) is 1.76. The Hall–Kier alpha value is -1.55. The zero-order valence-electron chi connectivity index (χ0n) is 6.57. The van der Waals surface area contributed by atoms with Gasteiger partial charge in [-0.1, -0.05) is 16.8 Å². The summed E-state index contributed by atoms with van der Waals surface area (Å²) in [4.78, 5) is 4.07. The molecular formula is C8H6ClN3O. The fourth-order valence-electron chi connectivity index (χ4n) is 0.996. The Labute approximate surface area is 79.3 Å². The molecule has 0 aromatic carbocycles. The highest BCUT2D eigenvalue weighted by Gasteiger charge is 2.03. The Morgan fingerprint density at radius 3 is 2.85 bits per heavy atom. The van der Waals surface area contributed by atoms with E-state index in [1.54, 1.807) is 18.3 Å². The topological polar surface area (TPSA) is 64.9 Å². The monoisotopic (exact) mass is 195 g/mol. The van der Waals surface area contributed by atoms with E-state index in [4.69, 9.17) is 17.3 Å². The lowest BCUT2D eigenvalue weighted by molar-refractivity contribution is 0.420. The van der Waals surface area contributed by atoms with E-state index in [-0.39, 0.29) is 0 Å². The molecule has 0 aliphatic heterocycles. The van der Waals surface area contributed by atoms with Crippen LogP contribution >= 0.6 is 11.6 Å². The summed E-state index contributed by atoms with van der Waals surface area (Å²) in [5, 5.41) is 4.10. The molecule has 2 rings (SSSR count). The van der Waals surface area contributed by atoms with E-state index < -0.39 is 0 Å². The van der Waals surface area contributed by atoms with E-state index >= 15 is 0 Å². The van der Waals surface area contributed by atoms with Crippen LogP contribution in [0.2, 0.25) is 5.02 Å². The van der Waals surface area contributed by atoms with Crippen molar-refractivity contribution in [2.45, 2.75) is 0 Å². The molecule has 0 aliphatic carbocycles. The van der Waals surface area contributed by atoms with Crippen molar-refractivity contribution in [2.24, 2.45) is 0 Å². The van der Waals surface area contributed by atoms with Crippen LogP contribution in [0.25, 0.3) is 11.3 Å². The fourth-order valence-corrected chi connectivity index (χ4v) is 1.21. The van der Waals surface area contributed by atoms with Gasteiger partial charge in [-0.15, -0.1) is 0 Å². The van der Waals surface area contributed by atoms with Crippen molar-refractivity contribution in [3.8, 4) is 11.3 Å². The van der Waals surface area contributed by atoms with Gasteiger partial charge in [-0.3, -0.25) is 0 Å². The van der Waals surface area contributed by atoms with Crippen molar-refractivity contribution in [2.75, 3.05) is 5.73 Å². The number of nitrogens with zero attached hydrogens (tertiary/aromatic N) is 2. The standard InChI is InChI=1S/C8H6ClN3O/c9-6-1-7(12-8(10)2-6)5-3-11-13-4-5/h1-4H,(H2,10,12). The van der Waals surface area contributed by atoms with Crippen LogP contribution in [0.15, 0.2) is 29.1 Å². The van der Waals surface area contributed by atoms with Crippen LogP contribution in [0, 0.1) is 0 Å². The van der Waals surface area contributed by atoms with E-state index in [0.717, 1.165) is 5.56 Å². The SMILES string of the molecule is Nc1cc(Cl)cc(-c2cnoc2)n1. The Kier molecular flexibility index (Phi) is 1.90. The second-order valence-corrected chi connectivity index (χ2v) is 2.95. The summed E-state index contributed by atoms with van der Waals surface area (Å²) in [6.45, 7) is 0. The van der Waals surface area contributed by atoms with Crippen LogP contribution in [-0.2, 0) is 0 Å². The van der Waals surface area contributed by atoms with Crippen LogP contribution in [0.5, 0.6) is 0 Å². The maximum absolute atomic E-state index is 5.80. The highest BCUT2D eigenvalue weighted by molar-refractivity contribution is 6.31. The van der Waals surface area contributed by atoms with E-state index in [0.29, 0.717) is 16.5 Å². The van der Waals surface area contributed by atoms with Crippen molar-refractivity contribution in [1.29, 1.82) is 0 Å². The molecule has 0 unspecified atom stereocenters. The summed E-state index contributed by atoms with van der Waals surface area (Å²) in [5.41, 5.74) is 6.94. The van der Waals surface area contributed by atoms with Gasteiger partial charge in [0, 0.05) is 5.02 Å². The number of hydrogen-bond donors (Lipinski definition) is 1. The predicted molar refractivity (Wildman–Crippen MR) is 49.2 cm³/mol. The van der Waals surface area contributed by atoms with Gasteiger partial charge in [-0.2, -0.15) is 0 Å². The molecule has 2 heterocycles. The van der Waals surface area contributed by atoms with E-state index in [2.05, 4.69) is 14.7 Å². The number of halogens is 1. The van der Waals surface area contributed by atoms with Crippen LogP contribution in [-0.4, -0.2) is 10.1 Å². The van der Waals surface area contributed by atoms with Gasteiger partial charge in [0.25, 0.3) is 0 Å². The van der Waals surface area contributed by atoms with Crippen molar-refractivity contribution < 1.29 is 4.52 Å². The minimum Gasteiger partial charge on any atom is -0.384 e. The minimum absolute atomic E-state index is 0.378. The molecule has 0 saturated carbocycles. The summed E-state index contributed by atoms with van der Waals surface area (Å²) in [6, 6.07) is 3.28. The third kappa shape index (κ3) is 1.62. The maximum Gasteiger partial charge on any atom is 0.133 e. The summed E-state index contributed by atoms with van der Waals surface area (Å²) < 4.78 is 4.67. The van der Waals surface area contributed by atoms with Gasteiger partial charge in [0.15, 0.2) is 0 Å². The van der Waals surface area contributed by atoms with E-state index in [1.807, 2.05) is 0 Å². The molecule has 0 saturated heterocycles. The van der Waals surface area contributed by atoms with Gasteiger partial charge >= 0.3 is 0 Å². The zero-order valence-corrected chi connectivity index (χ0v) is 7.32. The average molecular weight is 196 g/mol. The van der Waals surface area contributed by atoms with Crippen LogP contribution in [0.1, 0.15) is 0 Å².